The number of aliphatic hydroxyl groups is 1. The van der Waals surface area contributed by atoms with Crippen LogP contribution in [-0.4, -0.2) is 49.3 Å². The van der Waals surface area contributed by atoms with Crippen molar-refractivity contribution >= 4 is 0 Å². The molecule has 3 nitrogen and oxygen atoms in total. The molecular weight excluding hydrogens is 224 g/mol. The smallest absolute Gasteiger partial charge is 0.0822 e. The quantitative estimate of drug-likeness (QED) is 0.681. The summed E-state index contributed by atoms with van der Waals surface area (Å²) in [4.78, 5) is 2.06. The maximum Gasteiger partial charge on any atom is 0.0822 e. The lowest BCUT2D eigenvalue weighted by Crippen LogP contribution is -2.45. The summed E-state index contributed by atoms with van der Waals surface area (Å²) < 4.78 is 0. The molecule has 0 fully saturated rings. The molecule has 0 radical (unpaired) electrons. The lowest BCUT2D eigenvalue weighted by atomic mass is 10.0. The summed E-state index contributed by atoms with van der Waals surface area (Å²) in [5.41, 5.74) is 1.24. The zero-order chi connectivity index (χ0) is 13.4. The van der Waals surface area contributed by atoms with Crippen molar-refractivity contribution in [3.63, 3.8) is 0 Å². The van der Waals surface area contributed by atoms with Crippen molar-refractivity contribution in [2.45, 2.75) is 18.6 Å². The zero-order valence-electron chi connectivity index (χ0n) is 11.3. The Morgan fingerprint density at radius 2 is 2.06 bits per heavy atom. The molecule has 0 spiro atoms. The molecule has 100 valence electrons. The van der Waals surface area contributed by atoms with Crippen molar-refractivity contribution in [2.24, 2.45) is 0 Å². The normalized spacial score (nSPS) is 14.4. The maximum absolute atomic E-state index is 10.2. The molecule has 0 aromatic heterocycles. The van der Waals surface area contributed by atoms with Crippen LogP contribution in [0.25, 0.3) is 0 Å². The monoisotopic (exact) mass is 248 g/mol. The first-order valence-electron chi connectivity index (χ1n) is 6.36. The van der Waals surface area contributed by atoms with Crippen molar-refractivity contribution in [1.29, 1.82) is 0 Å². The molecule has 18 heavy (non-hydrogen) atoms. The van der Waals surface area contributed by atoms with Gasteiger partial charge in [-0.05, 0) is 26.1 Å². The molecule has 0 saturated carbocycles. The molecule has 0 aliphatic carbocycles. The van der Waals surface area contributed by atoms with E-state index in [1.54, 1.807) is 0 Å². The van der Waals surface area contributed by atoms with E-state index in [2.05, 4.69) is 28.9 Å². The van der Waals surface area contributed by atoms with Gasteiger partial charge in [-0.2, -0.15) is 0 Å². The molecule has 0 bridgehead atoms. The highest BCUT2D eigenvalue weighted by Gasteiger charge is 2.18. The number of rotatable bonds is 8. The van der Waals surface area contributed by atoms with E-state index in [4.69, 9.17) is 0 Å². The van der Waals surface area contributed by atoms with Crippen LogP contribution < -0.4 is 5.32 Å². The molecule has 1 aromatic carbocycles. The van der Waals surface area contributed by atoms with Gasteiger partial charge in [0.05, 0.1) is 6.10 Å². The van der Waals surface area contributed by atoms with Gasteiger partial charge in [-0.3, -0.25) is 0 Å². The van der Waals surface area contributed by atoms with Gasteiger partial charge < -0.3 is 15.3 Å². The molecule has 0 saturated heterocycles. The molecule has 0 heterocycles. The van der Waals surface area contributed by atoms with E-state index < -0.39 is 0 Å². The van der Waals surface area contributed by atoms with E-state index in [-0.39, 0.29) is 12.1 Å². The Kier molecular flexibility index (Phi) is 6.65. The van der Waals surface area contributed by atoms with Crippen LogP contribution in [0.15, 0.2) is 43.0 Å². The molecule has 1 rings (SSSR count). The summed E-state index contributed by atoms with van der Waals surface area (Å²) in [6.45, 7) is 5.14. The van der Waals surface area contributed by atoms with Crippen LogP contribution in [0, 0.1) is 0 Å². The van der Waals surface area contributed by atoms with Crippen molar-refractivity contribution in [3.05, 3.63) is 48.6 Å². The number of benzene rings is 1. The minimum atomic E-state index is -0.389. The number of hydrogen-bond acceptors (Lipinski definition) is 3. The molecule has 0 aliphatic heterocycles. The third-order valence-corrected chi connectivity index (χ3v) is 3.07. The fourth-order valence-electron chi connectivity index (χ4n) is 2.04. The van der Waals surface area contributed by atoms with Crippen LogP contribution in [0.2, 0.25) is 0 Å². The highest BCUT2D eigenvalue weighted by atomic mass is 16.3. The Labute approximate surface area is 110 Å². The summed E-state index contributed by atoms with van der Waals surface area (Å²) in [7, 11) is 3.88. The highest BCUT2D eigenvalue weighted by Crippen LogP contribution is 2.07. The minimum Gasteiger partial charge on any atom is -0.390 e. The van der Waals surface area contributed by atoms with E-state index in [0.717, 1.165) is 13.0 Å². The van der Waals surface area contributed by atoms with Crippen molar-refractivity contribution in [3.8, 4) is 0 Å². The van der Waals surface area contributed by atoms with Gasteiger partial charge in [-0.25, -0.2) is 0 Å². The number of nitrogens with zero attached hydrogens (tertiary/aromatic N) is 1. The molecular formula is C15H24N2O. The van der Waals surface area contributed by atoms with Crippen LogP contribution in [0.5, 0.6) is 0 Å². The van der Waals surface area contributed by atoms with Crippen LogP contribution in [0.1, 0.15) is 5.56 Å². The Morgan fingerprint density at radius 3 is 2.61 bits per heavy atom. The summed E-state index contributed by atoms with van der Waals surface area (Å²) in [5, 5.41) is 13.4. The molecule has 2 atom stereocenters. The average molecular weight is 248 g/mol. The Hall–Kier alpha value is -1.16. The lowest BCUT2D eigenvalue weighted by molar-refractivity contribution is 0.0954. The van der Waals surface area contributed by atoms with Crippen molar-refractivity contribution in [2.75, 3.05) is 27.2 Å². The summed E-state index contributed by atoms with van der Waals surface area (Å²) in [6.07, 6.45) is 2.29. The summed E-state index contributed by atoms with van der Waals surface area (Å²) in [5.74, 6) is 0. The van der Waals surface area contributed by atoms with Crippen molar-refractivity contribution < 1.29 is 5.11 Å². The Morgan fingerprint density at radius 1 is 1.39 bits per heavy atom. The van der Waals surface area contributed by atoms with E-state index in [9.17, 15) is 5.11 Å². The first-order valence-corrected chi connectivity index (χ1v) is 6.36. The second-order valence-electron chi connectivity index (χ2n) is 4.66. The van der Waals surface area contributed by atoms with Gasteiger partial charge in [-0.1, -0.05) is 36.4 Å². The lowest BCUT2D eigenvalue weighted by Gasteiger charge is -2.26. The van der Waals surface area contributed by atoms with Crippen molar-refractivity contribution in [1.82, 2.24) is 10.2 Å². The van der Waals surface area contributed by atoms with Gasteiger partial charge in [0.2, 0.25) is 0 Å². The van der Waals surface area contributed by atoms with Crippen LogP contribution >= 0.6 is 0 Å². The van der Waals surface area contributed by atoms with Gasteiger partial charge in [-0.15, -0.1) is 6.58 Å². The first-order chi connectivity index (χ1) is 8.67. The number of likely N-dealkylation sites (N-methyl/N-ethyl adjacent to an activating group) is 2. The average Bonchev–Trinajstić information content (AvgIpc) is 2.37. The third-order valence-electron chi connectivity index (χ3n) is 3.07. The minimum absolute atomic E-state index is 0.0691. The molecule has 3 heteroatoms. The van der Waals surface area contributed by atoms with E-state index in [0.29, 0.717) is 6.54 Å². The standard InChI is InChI=1S/C15H24N2O/c1-4-10-17(3)12-15(18)14(16-2)11-13-8-6-5-7-9-13/h4-9,14-16,18H,1,10-12H2,2-3H3/t14-,15+/m0/s1. The number of aliphatic hydroxyl groups excluding tert-OH is 1. The molecule has 1 aromatic rings. The molecule has 0 unspecified atom stereocenters. The summed E-state index contributed by atoms with van der Waals surface area (Å²) in [6, 6.07) is 10.3. The largest absolute Gasteiger partial charge is 0.390 e. The van der Waals surface area contributed by atoms with Gasteiger partial charge in [0, 0.05) is 19.1 Å². The Balaban J connectivity index is 2.52. The van der Waals surface area contributed by atoms with Gasteiger partial charge in [0.15, 0.2) is 0 Å². The first kappa shape index (κ1) is 14.9. The predicted molar refractivity (Wildman–Crippen MR) is 76.7 cm³/mol. The van der Waals surface area contributed by atoms with E-state index in [1.165, 1.54) is 5.56 Å². The SMILES string of the molecule is C=CCN(C)C[C@@H](O)[C@H](Cc1ccccc1)NC. The predicted octanol–water partition coefficient (Wildman–Crippen LogP) is 1.30. The molecule has 2 N–H and O–H groups in total. The van der Waals surface area contributed by atoms with Crippen LogP contribution in [-0.2, 0) is 6.42 Å². The van der Waals surface area contributed by atoms with Gasteiger partial charge in [0.25, 0.3) is 0 Å². The maximum atomic E-state index is 10.2. The molecule has 0 aliphatic rings. The highest BCUT2D eigenvalue weighted by molar-refractivity contribution is 5.16. The zero-order valence-corrected chi connectivity index (χ0v) is 11.3. The second kappa shape index (κ2) is 8.03. The van der Waals surface area contributed by atoms with Gasteiger partial charge in [0.1, 0.15) is 0 Å². The fourth-order valence-corrected chi connectivity index (χ4v) is 2.04. The third kappa shape index (κ3) is 5.00. The van der Waals surface area contributed by atoms with E-state index >= 15 is 0 Å². The molecule has 0 amide bonds. The van der Waals surface area contributed by atoms with Gasteiger partial charge >= 0.3 is 0 Å². The van der Waals surface area contributed by atoms with Crippen LogP contribution in [0.4, 0.5) is 0 Å². The topological polar surface area (TPSA) is 35.5 Å². The Bertz CT molecular complexity index is 340. The number of hydrogen-bond donors (Lipinski definition) is 2. The fraction of sp³-hybridized carbons (Fsp3) is 0.467. The van der Waals surface area contributed by atoms with E-state index in [1.807, 2.05) is 38.4 Å². The second-order valence-corrected chi connectivity index (χ2v) is 4.66. The number of nitrogens with one attached hydrogen (secondary N) is 1. The van der Waals surface area contributed by atoms with Crippen LogP contribution in [0.3, 0.4) is 0 Å². The summed E-state index contributed by atoms with van der Waals surface area (Å²) >= 11 is 0.